The van der Waals surface area contributed by atoms with E-state index in [4.69, 9.17) is 4.74 Å². The number of nitrogens with zero attached hydrogens (tertiary/aromatic N) is 1. The second kappa shape index (κ2) is 11.0. The fraction of sp³-hybridized carbons (Fsp3) is 0.875. The summed E-state index contributed by atoms with van der Waals surface area (Å²) in [4.78, 5) is 42.0. The van der Waals surface area contributed by atoms with Crippen molar-refractivity contribution < 1.29 is 24.2 Å². The molecule has 3 unspecified atom stereocenters. The van der Waals surface area contributed by atoms with Gasteiger partial charge in [0.1, 0.15) is 11.6 Å². The van der Waals surface area contributed by atoms with Crippen molar-refractivity contribution in [3.63, 3.8) is 0 Å². The monoisotopic (exact) mass is 529 g/mol. The van der Waals surface area contributed by atoms with Gasteiger partial charge < -0.3 is 25.4 Å². The van der Waals surface area contributed by atoms with E-state index in [-0.39, 0.29) is 35.1 Å². The number of amides is 3. The molecule has 3 fully saturated rings. The molecule has 2 bridgehead atoms. The predicted octanol–water partition coefficient (Wildman–Crippen LogP) is 1.97. The zero-order valence-corrected chi connectivity index (χ0v) is 21.9. The first-order valence-electron chi connectivity index (χ1n) is 12.5. The fourth-order valence-electron chi connectivity index (χ4n) is 5.93. The van der Waals surface area contributed by atoms with Crippen molar-refractivity contribution in [1.29, 1.82) is 0 Å². The zero-order valence-electron chi connectivity index (χ0n) is 20.3. The van der Waals surface area contributed by atoms with Gasteiger partial charge in [0, 0.05) is 17.9 Å². The zero-order chi connectivity index (χ0) is 24.3. The normalized spacial score (nSPS) is 33.5. The first-order chi connectivity index (χ1) is 15.7. The van der Waals surface area contributed by atoms with E-state index in [0.29, 0.717) is 25.9 Å². The number of carbonyl (C=O) groups excluding carboxylic acids is 3. The van der Waals surface area contributed by atoms with E-state index in [0.717, 1.165) is 25.7 Å². The summed E-state index contributed by atoms with van der Waals surface area (Å²) < 4.78 is 6.46. The standard InChI is InChI=1S/C24H40BrN3O5/c1-5-7-8-10-27-22(31)20-24-12-16(25)19(33-24)17(21(30)26-9-6-2)18(24)23(32)28(20)15(13-29)11-14(3)4/h14-20,29H,5-13H2,1-4H3,(H,26,30)(H,27,31)/t15-,16?,17-,18+,19-,20?,24?/m1/s1. The molecule has 9 heteroatoms. The largest absolute Gasteiger partial charge is 0.394 e. The number of likely N-dealkylation sites (tertiary alicyclic amines) is 1. The molecular formula is C24H40BrN3O5. The molecule has 7 atom stereocenters. The van der Waals surface area contributed by atoms with Gasteiger partial charge in [-0.05, 0) is 31.6 Å². The molecule has 0 saturated carbocycles. The summed E-state index contributed by atoms with van der Waals surface area (Å²) in [7, 11) is 0. The number of carbonyl (C=O) groups is 3. The number of aliphatic hydroxyl groups excluding tert-OH is 1. The van der Waals surface area contributed by atoms with Crippen LogP contribution in [0, 0.1) is 17.8 Å². The highest BCUT2D eigenvalue weighted by Gasteiger charge is 2.76. The molecule has 1 spiro atoms. The highest BCUT2D eigenvalue weighted by Crippen LogP contribution is 2.60. The lowest BCUT2D eigenvalue weighted by Gasteiger charge is -2.37. The summed E-state index contributed by atoms with van der Waals surface area (Å²) in [6.07, 6.45) is 4.30. The second-order valence-corrected chi connectivity index (χ2v) is 11.3. The number of alkyl halides is 1. The van der Waals surface area contributed by atoms with Crippen molar-refractivity contribution in [2.75, 3.05) is 19.7 Å². The van der Waals surface area contributed by atoms with Crippen LogP contribution in [0.4, 0.5) is 0 Å². The number of halogens is 1. The molecule has 3 aliphatic rings. The van der Waals surface area contributed by atoms with Gasteiger partial charge in [-0.25, -0.2) is 0 Å². The van der Waals surface area contributed by atoms with Crippen molar-refractivity contribution in [2.24, 2.45) is 17.8 Å². The number of nitrogens with one attached hydrogen (secondary N) is 2. The van der Waals surface area contributed by atoms with Crippen LogP contribution in [-0.4, -0.2) is 76.0 Å². The van der Waals surface area contributed by atoms with Crippen molar-refractivity contribution in [3.05, 3.63) is 0 Å². The Hall–Kier alpha value is -1.19. The van der Waals surface area contributed by atoms with Gasteiger partial charge >= 0.3 is 0 Å². The molecule has 3 N–H and O–H groups in total. The predicted molar refractivity (Wildman–Crippen MR) is 129 cm³/mol. The fourth-order valence-corrected chi connectivity index (χ4v) is 6.87. The second-order valence-electron chi connectivity index (χ2n) is 10.2. The van der Waals surface area contributed by atoms with Crippen LogP contribution in [0.5, 0.6) is 0 Å². The van der Waals surface area contributed by atoms with Gasteiger partial charge in [0.2, 0.25) is 17.7 Å². The van der Waals surface area contributed by atoms with Crippen LogP contribution >= 0.6 is 15.9 Å². The Kier molecular flexibility index (Phi) is 8.83. The van der Waals surface area contributed by atoms with E-state index in [1.807, 2.05) is 20.8 Å². The number of fused-ring (bicyclic) bond motifs is 1. The van der Waals surface area contributed by atoms with Crippen molar-refractivity contribution in [2.45, 2.75) is 94.8 Å². The number of hydrogen-bond donors (Lipinski definition) is 3. The summed E-state index contributed by atoms with van der Waals surface area (Å²) >= 11 is 3.67. The van der Waals surface area contributed by atoms with Gasteiger partial charge in [-0.2, -0.15) is 0 Å². The number of aliphatic hydroxyl groups is 1. The summed E-state index contributed by atoms with van der Waals surface area (Å²) in [5, 5.41) is 16.2. The summed E-state index contributed by atoms with van der Waals surface area (Å²) in [6.45, 7) is 8.96. The Morgan fingerprint density at radius 3 is 2.48 bits per heavy atom. The Labute approximate surface area is 205 Å². The Balaban J connectivity index is 1.97. The lowest BCUT2D eigenvalue weighted by atomic mass is 9.70. The summed E-state index contributed by atoms with van der Waals surface area (Å²) in [5.41, 5.74) is -1.07. The third kappa shape index (κ3) is 4.82. The molecule has 3 saturated heterocycles. The van der Waals surface area contributed by atoms with Crippen LogP contribution in [0.25, 0.3) is 0 Å². The first kappa shape index (κ1) is 26.4. The van der Waals surface area contributed by atoms with E-state index in [1.165, 1.54) is 0 Å². The molecule has 3 rings (SSSR count). The molecule has 3 amide bonds. The lowest BCUT2D eigenvalue weighted by Crippen LogP contribution is -2.58. The van der Waals surface area contributed by atoms with Crippen molar-refractivity contribution in [3.8, 4) is 0 Å². The van der Waals surface area contributed by atoms with E-state index in [1.54, 1.807) is 4.90 Å². The van der Waals surface area contributed by atoms with Crippen LogP contribution in [-0.2, 0) is 19.1 Å². The lowest BCUT2D eigenvalue weighted by molar-refractivity contribution is -0.146. The summed E-state index contributed by atoms with van der Waals surface area (Å²) in [6, 6.07) is -1.36. The number of ether oxygens (including phenoxy) is 1. The van der Waals surface area contributed by atoms with Crippen LogP contribution < -0.4 is 10.6 Å². The smallest absolute Gasteiger partial charge is 0.245 e. The van der Waals surface area contributed by atoms with Gasteiger partial charge in [-0.3, -0.25) is 14.4 Å². The highest BCUT2D eigenvalue weighted by atomic mass is 79.9. The van der Waals surface area contributed by atoms with Gasteiger partial charge in [0.05, 0.1) is 30.6 Å². The molecule has 0 aromatic carbocycles. The summed E-state index contributed by atoms with van der Waals surface area (Å²) in [5.74, 6) is -1.84. The molecule has 0 radical (unpaired) electrons. The SMILES string of the molecule is CCCCCNC(=O)C1N([C@@H](CO)CC(C)C)C(=O)[C@@H]2[C@@H](C(=O)NCCC)[C@@H]3OC12CC3Br. The molecular weight excluding hydrogens is 490 g/mol. The van der Waals surface area contributed by atoms with Crippen molar-refractivity contribution >= 4 is 33.7 Å². The highest BCUT2D eigenvalue weighted by molar-refractivity contribution is 9.09. The topological polar surface area (TPSA) is 108 Å². The minimum absolute atomic E-state index is 0.119. The maximum absolute atomic E-state index is 13.9. The van der Waals surface area contributed by atoms with Gasteiger partial charge in [0.25, 0.3) is 0 Å². The maximum Gasteiger partial charge on any atom is 0.245 e. The van der Waals surface area contributed by atoms with Crippen LogP contribution in [0.3, 0.4) is 0 Å². The number of unbranched alkanes of at least 4 members (excludes halogenated alkanes) is 2. The van der Waals surface area contributed by atoms with Gasteiger partial charge in [-0.1, -0.05) is 56.5 Å². The molecule has 0 aliphatic carbocycles. The van der Waals surface area contributed by atoms with Gasteiger partial charge in [-0.15, -0.1) is 0 Å². The van der Waals surface area contributed by atoms with Crippen LogP contribution in [0.2, 0.25) is 0 Å². The van der Waals surface area contributed by atoms with Gasteiger partial charge in [0.15, 0.2) is 0 Å². The molecule has 3 heterocycles. The Morgan fingerprint density at radius 1 is 1.18 bits per heavy atom. The van der Waals surface area contributed by atoms with Crippen LogP contribution in [0.1, 0.15) is 66.2 Å². The number of rotatable bonds is 12. The average molecular weight is 531 g/mol. The minimum Gasteiger partial charge on any atom is -0.394 e. The third-order valence-corrected chi connectivity index (χ3v) is 8.10. The van der Waals surface area contributed by atoms with Crippen LogP contribution in [0.15, 0.2) is 0 Å². The Bertz CT molecular complexity index is 735. The van der Waals surface area contributed by atoms with Crippen molar-refractivity contribution in [1.82, 2.24) is 15.5 Å². The average Bonchev–Trinajstić information content (AvgIpc) is 3.36. The Morgan fingerprint density at radius 2 is 1.88 bits per heavy atom. The molecule has 3 aliphatic heterocycles. The van der Waals surface area contributed by atoms with E-state index < -0.39 is 35.6 Å². The third-order valence-electron chi connectivity index (χ3n) is 7.25. The quantitative estimate of drug-likeness (QED) is 0.264. The molecule has 0 aromatic rings. The number of hydrogen-bond acceptors (Lipinski definition) is 5. The molecule has 188 valence electrons. The van der Waals surface area contributed by atoms with E-state index in [2.05, 4.69) is 33.5 Å². The first-order valence-corrected chi connectivity index (χ1v) is 13.4. The minimum atomic E-state index is -1.07. The van der Waals surface area contributed by atoms with E-state index >= 15 is 0 Å². The molecule has 8 nitrogen and oxygen atoms in total. The molecule has 33 heavy (non-hydrogen) atoms. The molecule has 0 aromatic heterocycles. The van der Waals surface area contributed by atoms with E-state index in [9.17, 15) is 19.5 Å². The maximum atomic E-state index is 13.9.